The highest BCUT2D eigenvalue weighted by Crippen LogP contribution is 2.35. The van der Waals surface area contributed by atoms with E-state index in [0.717, 1.165) is 22.5 Å². The lowest BCUT2D eigenvalue weighted by Crippen LogP contribution is -2.04. The fraction of sp³-hybridized carbons (Fsp3) is 0.143. The molecule has 2 heterocycles. The van der Waals surface area contributed by atoms with Gasteiger partial charge in [0.1, 0.15) is 11.3 Å². The summed E-state index contributed by atoms with van der Waals surface area (Å²) in [6.45, 7) is 5.61. The van der Waals surface area contributed by atoms with Crippen LogP contribution in [-0.2, 0) is 0 Å². The van der Waals surface area contributed by atoms with Crippen LogP contribution in [0.3, 0.4) is 0 Å². The van der Waals surface area contributed by atoms with Crippen LogP contribution in [0, 0.1) is 20.8 Å². The number of carboxylic acids is 1. The number of carbonyl (C=O) groups is 1. The number of ether oxygens (including phenoxy) is 1. The summed E-state index contributed by atoms with van der Waals surface area (Å²) < 4.78 is 7.38. The molecule has 0 fully saturated rings. The van der Waals surface area contributed by atoms with E-state index in [1.165, 1.54) is 0 Å². The summed E-state index contributed by atoms with van der Waals surface area (Å²) in [6, 6.07) is 12.3. The third-order valence-electron chi connectivity index (χ3n) is 4.42. The van der Waals surface area contributed by atoms with Gasteiger partial charge in [-0.15, -0.1) is 5.10 Å². The van der Waals surface area contributed by atoms with Crippen molar-refractivity contribution in [1.82, 2.24) is 19.6 Å². The molecule has 2 aromatic carbocycles. The Morgan fingerprint density at radius 1 is 1.07 bits per heavy atom. The van der Waals surface area contributed by atoms with Crippen LogP contribution in [0.15, 0.2) is 42.5 Å². The van der Waals surface area contributed by atoms with Gasteiger partial charge in [-0.05, 0) is 56.2 Å². The zero-order valence-corrected chi connectivity index (χ0v) is 16.7. The average Bonchev–Trinajstić information content (AvgIpc) is 3.04. The molecule has 0 aliphatic rings. The topological polar surface area (TPSA) is 89.6 Å². The van der Waals surface area contributed by atoms with Crippen molar-refractivity contribution in [1.29, 1.82) is 0 Å². The van der Waals surface area contributed by atoms with E-state index in [9.17, 15) is 9.90 Å². The summed E-state index contributed by atoms with van der Waals surface area (Å²) in [4.78, 5) is 20.7. The first kappa shape index (κ1) is 18.9. The summed E-state index contributed by atoms with van der Waals surface area (Å²) in [5.74, 6) is -0.563. The second kappa shape index (κ2) is 7.18. The Balaban J connectivity index is 1.84. The molecule has 8 heteroatoms. The predicted molar refractivity (Wildman–Crippen MR) is 109 cm³/mol. The van der Waals surface area contributed by atoms with E-state index in [1.807, 2.05) is 26.8 Å². The summed E-state index contributed by atoms with van der Waals surface area (Å²) in [6.07, 6.45) is 0. The van der Waals surface area contributed by atoms with E-state index >= 15 is 0 Å². The summed E-state index contributed by atoms with van der Waals surface area (Å²) in [5.41, 5.74) is 3.76. The van der Waals surface area contributed by atoms with Crippen molar-refractivity contribution >= 4 is 23.3 Å². The SMILES string of the molecule is Cc1cc(Oc2nc3nc(C)cc(C)n3n2)c(C(=O)O)c(-c2ccc(Cl)cc2)c1. The molecule has 0 spiro atoms. The van der Waals surface area contributed by atoms with E-state index < -0.39 is 5.97 Å². The van der Waals surface area contributed by atoms with Gasteiger partial charge in [-0.3, -0.25) is 0 Å². The van der Waals surface area contributed by atoms with Crippen molar-refractivity contribution in [2.24, 2.45) is 0 Å². The summed E-state index contributed by atoms with van der Waals surface area (Å²) in [7, 11) is 0. The van der Waals surface area contributed by atoms with Crippen molar-refractivity contribution in [3.05, 3.63) is 70.0 Å². The van der Waals surface area contributed by atoms with Crippen LogP contribution in [0.2, 0.25) is 5.02 Å². The Bertz CT molecular complexity index is 1250. The van der Waals surface area contributed by atoms with Gasteiger partial charge in [0, 0.05) is 22.0 Å². The lowest BCUT2D eigenvalue weighted by atomic mass is 9.96. The maximum atomic E-state index is 12.1. The molecule has 0 amide bonds. The molecular weight excluding hydrogens is 392 g/mol. The fourth-order valence-electron chi connectivity index (χ4n) is 3.20. The lowest BCUT2D eigenvalue weighted by molar-refractivity contribution is 0.0695. The number of halogens is 1. The normalized spacial score (nSPS) is 11.0. The highest BCUT2D eigenvalue weighted by Gasteiger charge is 2.21. The molecule has 2 aromatic heterocycles. The van der Waals surface area contributed by atoms with Crippen molar-refractivity contribution < 1.29 is 14.6 Å². The van der Waals surface area contributed by atoms with Crippen molar-refractivity contribution in [2.75, 3.05) is 0 Å². The number of aryl methyl sites for hydroxylation is 3. The number of benzene rings is 2. The Morgan fingerprint density at radius 3 is 2.48 bits per heavy atom. The second-order valence-corrected chi connectivity index (χ2v) is 7.18. The first-order valence-electron chi connectivity index (χ1n) is 8.84. The van der Waals surface area contributed by atoms with E-state index in [-0.39, 0.29) is 17.3 Å². The number of rotatable bonds is 4. The molecule has 0 radical (unpaired) electrons. The molecule has 4 aromatic rings. The first-order chi connectivity index (χ1) is 13.8. The molecule has 4 rings (SSSR count). The zero-order valence-electron chi connectivity index (χ0n) is 16.0. The number of carboxylic acid groups (broad SMARTS) is 1. The first-order valence-corrected chi connectivity index (χ1v) is 9.22. The van der Waals surface area contributed by atoms with Crippen LogP contribution in [0.1, 0.15) is 27.3 Å². The number of aromatic carboxylic acids is 1. The minimum absolute atomic E-state index is 0.0256. The molecule has 146 valence electrons. The van der Waals surface area contributed by atoms with E-state index in [2.05, 4.69) is 15.1 Å². The molecule has 0 saturated carbocycles. The molecule has 29 heavy (non-hydrogen) atoms. The van der Waals surface area contributed by atoms with Crippen molar-refractivity contribution in [3.63, 3.8) is 0 Å². The number of aromatic nitrogens is 4. The third-order valence-corrected chi connectivity index (χ3v) is 4.67. The maximum Gasteiger partial charge on any atom is 0.343 e. The number of hydrogen-bond donors (Lipinski definition) is 1. The highest BCUT2D eigenvalue weighted by atomic mass is 35.5. The maximum absolute atomic E-state index is 12.1. The molecule has 0 atom stereocenters. The summed E-state index contributed by atoms with van der Waals surface area (Å²) >= 11 is 5.97. The highest BCUT2D eigenvalue weighted by molar-refractivity contribution is 6.30. The fourth-order valence-corrected chi connectivity index (χ4v) is 3.33. The molecule has 0 aliphatic carbocycles. The molecule has 0 bridgehead atoms. The van der Waals surface area contributed by atoms with Gasteiger partial charge in [-0.1, -0.05) is 29.8 Å². The predicted octanol–water partition coefficient (Wildman–Crippen LogP) is 4.86. The quantitative estimate of drug-likeness (QED) is 0.518. The van der Waals surface area contributed by atoms with Gasteiger partial charge in [0.25, 0.3) is 5.78 Å². The van der Waals surface area contributed by atoms with Crippen molar-refractivity contribution in [2.45, 2.75) is 20.8 Å². The van der Waals surface area contributed by atoms with Crippen LogP contribution in [-0.4, -0.2) is 30.7 Å². The molecule has 0 saturated heterocycles. The van der Waals surface area contributed by atoms with Crippen LogP contribution in [0.25, 0.3) is 16.9 Å². The van der Waals surface area contributed by atoms with Crippen LogP contribution in [0.4, 0.5) is 0 Å². The Morgan fingerprint density at radius 2 is 1.79 bits per heavy atom. The van der Waals surface area contributed by atoms with Gasteiger partial charge in [0.15, 0.2) is 0 Å². The van der Waals surface area contributed by atoms with E-state index in [0.29, 0.717) is 16.4 Å². The van der Waals surface area contributed by atoms with Crippen molar-refractivity contribution in [3.8, 4) is 22.9 Å². The minimum Gasteiger partial charge on any atom is -0.478 e. The zero-order chi connectivity index (χ0) is 20.7. The Kier molecular flexibility index (Phi) is 4.68. The Hall–Kier alpha value is -3.45. The Labute approximate surface area is 171 Å². The molecule has 0 aliphatic heterocycles. The second-order valence-electron chi connectivity index (χ2n) is 6.74. The van der Waals surface area contributed by atoms with E-state index in [1.54, 1.807) is 40.9 Å². The van der Waals surface area contributed by atoms with Gasteiger partial charge in [0.2, 0.25) is 0 Å². The molecular formula is C21H17ClN4O3. The van der Waals surface area contributed by atoms with Gasteiger partial charge in [-0.2, -0.15) is 9.50 Å². The smallest absolute Gasteiger partial charge is 0.343 e. The number of nitrogens with zero attached hydrogens (tertiary/aromatic N) is 4. The van der Waals surface area contributed by atoms with Crippen LogP contribution in [0.5, 0.6) is 11.8 Å². The van der Waals surface area contributed by atoms with Crippen LogP contribution >= 0.6 is 11.6 Å². The molecule has 0 unspecified atom stereocenters. The number of fused-ring (bicyclic) bond motifs is 1. The summed E-state index contributed by atoms with van der Waals surface area (Å²) in [5, 5.41) is 14.8. The van der Waals surface area contributed by atoms with Gasteiger partial charge in [-0.25, -0.2) is 9.78 Å². The lowest BCUT2D eigenvalue weighted by Gasteiger charge is -2.13. The molecule has 1 N–H and O–H groups in total. The number of hydrogen-bond acceptors (Lipinski definition) is 5. The average molecular weight is 409 g/mol. The van der Waals surface area contributed by atoms with E-state index in [4.69, 9.17) is 16.3 Å². The standard InChI is InChI=1S/C21H17ClN4O3/c1-11-8-16(14-4-6-15(22)7-5-14)18(19(27)28)17(9-11)29-21-24-20-23-12(2)10-13(3)26(20)25-21/h4-10H,1-3H3,(H,27,28). The van der Waals surface area contributed by atoms with Gasteiger partial charge in [0.05, 0.1) is 0 Å². The van der Waals surface area contributed by atoms with Crippen LogP contribution < -0.4 is 4.74 Å². The largest absolute Gasteiger partial charge is 0.478 e. The third kappa shape index (κ3) is 3.64. The molecule has 7 nitrogen and oxygen atoms in total. The van der Waals surface area contributed by atoms with Gasteiger partial charge >= 0.3 is 12.0 Å². The monoisotopic (exact) mass is 408 g/mol. The van der Waals surface area contributed by atoms with Gasteiger partial charge < -0.3 is 9.84 Å². The minimum atomic E-state index is -1.11.